The summed E-state index contributed by atoms with van der Waals surface area (Å²) in [5.41, 5.74) is 6.51. The number of nitrogens with zero attached hydrogens (tertiary/aromatic N) is 2. The van der Waals surface area contributed by atoms with Crippen molar-refractivity contribution in [1.29, 1.82) is 0 Å². The van der Waals surface area contributed by atoms with Crippen LogP contribution in [0.2, 0.25) is 10.0 Å². The Balaban J connectivity index is 1.22. The van der Waals surface area contributed by atoms with E-state index in [0.29, 0.717) is 52.5 Å². The molecule has 0 saturated heterocycles. The van der Waals surface area contributed by atoms with Crippen LogP contribution < -0.4 is 20.1 Å². The molecule has 2 saturated carbocycles. The number of rotatable bonds is 11. The lowest BCUT2D eigenvalue weighted by Gasteiger charge is -2.26. The highest BCUT2D eigenvalue weighted by Crippen LogP contribution is 2.42. The van der Waals surface area contributed by atoms with E-state index in [1.165, 1.54) is 0 Å². The summed E-state index contributed by atoms with van der Waals surface area (Å²) in [6.07, 6.45) is 8.58. The number of halogens is 2. The van der Waals surface area contributed by atoms with E-state index in [9.17, 15) is 10.2 Å². The zero-order valence-electron chi connectivity index (χ0n) is 27.5. The molecule has 0 spiro atoms. The van der Waals surface area contributed by atoms with E-state index >= 15 is 0 Å². The van der Waals surface area contributed by atoms with Crippen LogP contribution in [0, 0.1) is 0 Å². The number of aromatic nitrogens is 2. The highest BCUT2D eigenvalue weighted by atomic mass is 35.5. The van der Waals surface area contributed by atoms with Crippen LogP contribution in [-0.2, 0) is 13.1 Å². The van der Waals surface area contributed by atoms with Crippen molar-refractivity contribution < 1.29 is 19.7 Å². The minimum Gasteiger partial charge on any atom is -0.496 e. The summed E-state index contributed by atoms with van der Waals surface area (Å²) in [4.78, 5) is 9.48. The molecule has 48 heavy (non-hydrogen) atoms. The van der Waals surface area contributed by atoms with Gasteiger partial charge < -0.3 is 30.3 Å². The summed E-state index contributed by atoms with van der Waals surface area (Å²) < 4.78 is 11.5. The fourth-order valence-corrected chi connectivity index (χ4v) is 7.48. The lowest BCUT2D eigenvalue weighted by atomic mass is 9.93. The molecule has 6 rings (SSSR count). The first-order valence-electron chi connectivity index (χ1n) is 16.8. The first kappa shape index (κ1) is 34.6. The number of aliphatic hydroxyl groups excluding tert-OH is 2. The second-order valence-electron chi connectivity index (χ2n) is 12.9. The Morgan fingerprint density at radius 2 is 1.31 bits per heavy atom. The predicted molar refractivity (Wildman–Crippen MR) is 192 cm³/mol. The van der Waals surface area contributed by atoms with Gasteiger partial charge in [-0.05, 0) is 69.6 Å². The highest BCUT2D eigenvalue weighted by Gasteiger charge is 2.22. The molecule has 2 aliphatic rings. The molecule has 2 aromatic carbocycles. The third-order valence-electron chi connectivity index (χ3n) is 9.70. The van der Waals surface area contributed by atoms with Gasteiger partial charge in [-0.3, -0.25) is 4.98 Å². The molecule has 0 bridgehead atoms. The summed E-state index contributed by atoms with van der Waals surface area (Å²) in [6, 6.07) is 18.5. The second-order valence-corrected chi connectivity index (χ2v) is 13.6. The van der Waals surface area contributed by atoms with Crippen LogP contribution in [0.5, 0.6) is 11.6 Å². The topological polar surface area (TPSA) is 109 Å². The van der Waals surface area contributed by atoms with Crippen LogP contribution in [0.3, 0.4) is 0 Å². The minimum atomic E-state index is -0.181. The number of hydrogen-bond acceptors (Lipinski definition) is 8. The van der Waals surface area contributed by atoms with Crippen LogP contribution in [0.25, 0.3) is 33.6 Å². The second kappa shape index (κ2) is 16.0. The molecule has 10 heteroatoms. The lowest BCUT2D eigenvalue weighted by molar-refractivity contribution is 0.116. The molecule has 4 N–H and O–H groups in total. The normalized spacial score (nSPS) is 21.2. The van der Waals surface area contributed by atoms with E-state index in [2.05, 4.69) is 21.7 Å². The van der Waals surface area contributed by atoms with E-state index in [4.69, 9.17) is 37.7 Å². The first-order chi connectivity index (χ1) is 23.3. The van der Waals surface area contributed by atoms with Crippen molar-refractivity contribution in [3.8, 4) is 45.3 Å². The van der Waals surface area contributed by atoms with E-state index in [0.717, 1.165) is 90.5 Å². The molecule has 0 radical (unpaired) electrons. The van der Waals surface area contributed by atoms with E-state index < -0.39 is 0 Å². The Bertz CT molecular complexity index is 1580. The summed E-state index contributed by atoms with van der Waals surface area (Å²) in [5.74, 6) is 1.31. The van der Waals surface area contributed by atoms with Crippen molar-refractivity contribution >= 4 is 23.2 Å². The van der Waals surface area contributed by atoms with E-state index in [-0.39, 0.29) is 12.2 Å². The predicted octanol–water partition coefficient (Wildman–Crippen LogP) is 7.59. The van der Waals surface area contributed by atoms with Crippen molar-refractivity contribution in [2.45, 2.75) is 88.7 Å². The van der Waals surface area contributed by atoms with E-state index in [1.807, 2.05) is 48.5 Å². The SMILES string of the molecule is COc1cc(-c2nccc(-c3cccc(-c4ccc(CN[C@H]5CC[C@H](O)CC5)c(OC)n4)c3Cl)c2Cl)ccc1CN[C@H]1CC[C@@H](O)CC1. The molecule has 4 aromatic rings. The number of methoxy groups -OCH3 is 2. The van der Waals surface area contributed by atoms with Gasteiger partial charge in [-0.1, -0.05) is 59.6 Å². The van der Waals surface area contributed by atoms with Gasteiger partial charge in [0.2, 0.25) is 5.88 Å². The zero-order chi connectivity index (χ0) is 33.6. The Morgan fingerprint density at radius 1 is 0.708 bits per heavy atom. The number of benzene rings is 2. The molecular formula is C38H44Cl2N4O4. The van der Waals surface area contributed by atoms with Gasteiger partial charge in [0, 0.05) is 64.8 Å². The number of hydrogen-bond donors (Lipinski definition) is 4. The number of ether oxygens (including phenoxy) is 2. The Morgan fingerprint density at radius 3 is 1.96 bits per heavy atom. The van der Waals surface area contributed by atoms with Gasteiger partial charge in [-0.15, -0.1) is 0 Å². The maximum atomic E-state index is 9.83. The van der Waals surface area contributed by atoms with Gasteiger partial charge in [-0.25, -0.2) is 4.98 Å². The standard InChI is InChI=1S/C38H44Cl2N4O4/c1-47-34-20-23(6-7-24(34)21-42-26-9-13-28(45)14-10-26)37-36(40)31(18-19-41-37)30-4-3-5-32(35(30)39)33-17-8-25(38(44-33)48-2)22-43-27-11-15-29(46)16-12-27/h3-8,17-20,26-29,42-43,45-46H,9-16,21-22H2,1-2H3/t26-,27-,28+,29-. The maximum absolute atomic E-state index is 9.83. The summed E-state index contributed by atoms with van der Waals surface area (Å²) >= 11 is 14.2. The van der Waals surface area contributed by atoms with Crippen LogP contribution >= 0.6 is 23.2 Å². The van der Waals surface area contributed by atoms with E-state index in [1.54, 1.807) is 20.4 Å². The van der Waals surface area contributed by atoms with Crippen LogP contribution in [0.4, 0.5) is 0 Å². The molecule has 0 atom stereocenters. The largest absolute Gasteiger partial charge is 0.496 e. The van der Waals surface area contributed by atoms with Crippen LogP contribution in [-0.4, -0.2) is 58.7 Å². The Hall–Kier alpha value is -3.24. The molecule has 2 fully saturated rings. The number of pyridine rings is 2. The first-order valence-corrected chi connectivity index (χ1v) is 17.6. The maximum Gasteiger partial charge on any atom is 0.218 e. The minimum absolute atomic E-state index is 0.175. The molecule has 2 aliphatic carbocycles. The average Bonchev–Trinajstić information content (AvgIpc) is 3.11. The van der Waals surface area contributed by atoms with Crippen molar-refractivity contribution in [1.82, 2.24) is 20.6 Å². The van der Waals surface area contributed by atoms with Gasteiger partial charge in [0.25, 0.3) is 0 Å². The van der Waals surface area contributed by atoms with Crippen molar-refractivity contribution in [3.05, 3.63) is 82.0 Å². The summed E-state index contributed by atoms with van der Waals surface area (Å²) in [7, 11) is 3.30. The lowest BCUT2D eigenvalue weighted by Crippen LogP contribution is -2.34. The molecule has 254 valence electrons. The van der Waals surface area contributed by atoms with Crippen LogP contribution in [0.15, 0.2) is 60.8 Å². The third-order valence-corrected chi connectivity index (χ3v) is 10.5. The molecule has 0 aliphatic heterocycles. The Kier molecular flexibility index (Phi) is 11.5. The quantitative estimate of drug-likeness (QED) is 0.128. The molecular weight excluding hydrogens is 647 g/mol. The zero-order valence-corrected chi connectivity index (χ0v) is 29.0. The number of aliphatic hydroxyl groups is 2. The molecule has 2 aromatic heterocycles. The monoisotopic (exact) mass is 690 g/mol. The average molecular weight is 692 g/mol. The van der Waals surface area contributed by atoms with Crippen LogP contribution in [0.1, 0.15) is 62.5 Å². The summed E-state index contributed by atoms with van der Waals surface area (Å²) in [5, 5.41) is 27.9. The highest BCUT2D eigenvalue weighted by molar-refractivity contribution is 6.39. The van der Waals surface area contributed by atoms with Gasteiger partial charge >= 0.3 is 0 Å². The van der Waals surface area contributed by atoms with Gasteiger partial charge in [0.15, 0.2) is 0 Å². The number of nitrogens with one attached hydrogen (secondary N) is 2. The third kappa shape index (κ3) is 7.96. The smallest absolute Gasteiger partial charge is 0.218 e. The van der Waals surface area contributed by atoms with Crippen molar-refractivity contribution in [3.63, 3.8) is 0 Å². The molecule has 2 heterocycles. The molecule has 0 amide bonds. The van der Waals surface area contributed by atoms with Gasteiger partial charge in [0.05, 0.1) is 47.9 Å². The molecule has 8 nitrogen and oxygen atoms in total. The fraction of sp³-hybridized carbons (Fsp3) is 0.421. The molecule has 0 unspecified atom stereocenters. The van der Waals surface area contributed by atoms with Gasteiger partial charge in [0.1, 0.15) is 5.75 Å². The van der Waals surface area contributed by atoms with Gasteiger partial charge in [-0.2, -0.15) is 0 Å². The van der Waals surface area contributed by atoms with Crippen molar-refractivity contribution in [2.75, 3.05) is 14.2 Å². The summed E-state index contributed by atoms with van der Waals surface area (Å²) in [6.45, 7) is 1.31. The fourth-order valence-electron chi connectivity index (χ4n) is 6.83. The Labute approximate surface area is 292 Å². The van der Waals surface area contributed by atoms with Crippen molar-refractivity contribution in [2.24, 2.45) is 0 Å².